The van der Waals surface area contributed by atoms with Gasteiger partial charge in [0.05, 0.1) is 10.6 Å². The summed E-state index contributed by atoms with van der Waals surface area (Å²) < 4.78 is 1.23. The second-order valence-corrected chi connectivity index (χ2v) is 7.32. The summed E-state index contributed by atoms with van der Waals surface area (Å²) in [6, 6.07) is 7.23. The number of hydrogen-bond donors (Lipinski definition) is 1. The van der Waals surface area contributed by atoms with E-state index in [4.69, 9.17) is 0 Å². The van der Waals surface area contributed by atoms with E-state index < -0.39 is 16.3 Å². The third-order valence-corrected chi connectivity index (χ3v) is 5.14. The molecule has 0 saturated heterocycles. The van der Waals surface area contributed by atoms with Crippen LogP contribution in [-0.2, 0) is 0 Å². The molecule has 28 heavy (non-hydrogen) atoms. The number of para-hydroxylation sites is 2. The van der Waals surface area contributed by atoms with E-state index in [1.807, 2.05) is 5.38 Å². The molecule has 0 aliphatic heterocycles. The van der Waals surface area contributed by atoms with Gasteiger partial charge in [0.2, 0.25) is 5.43 Å². The smallest absolute Gasteiger partial charge is 0.294 e. The zero-order chi connectivity index (χ0) is 19.8. The van der Waals surface area contributed by atoms with E-state index in [2.05, 4.69) is 15.4 Å². The van der Waals surface area contributed by atoms with Crippen molar-refractivity contribution in [3.63, 3.8) is 0 Å². The van der Waals surface area contributed by atoms with Crippen LogP contribution in [0.2, 0.25) is 0 Å². The number of rotatable bonds is 5. The number of amides is 1. The van der Waals surface area contributed by atoms with E-state index in [0.29, 0.717) is 16.7 Å². The van der Waals surface area contributed by atoms with Crippen molar-refractivity contribution in [1.82, 2.24) is 14.8 Å². The SMILES string of the molecule is Cc1cc(=O)c(C(=O)Nc2nc(C3CC3)cs2)nn1-c1ccccc1[N+](=O)[O-]. The van der Waals surface area contributed by atoms with Crippen LogP contribution in [0.5, 0.6) is 0 Å². The van der Waals surface area contributed by atoms with Gasteiger partial charge in [0.25, 0.3) is 11.6 Å². The molecule has 4 rings (SSSR count). The summed E-state index contributed by atoms with van der Waals surface area (Å²) in [5, 5.41) is 20.3. The van der Waals surface area contributed by atoms with Gasteiger partial charge >= 0.3 is 0 Å². The maximum absolute atomic E-state index is 12.6. The minimum atomic E-state index is -0.700. The maximum Gasteiger partial charge on any atom is 0.294 e. The van der Waals surface area contributed by atoms with Crippen LogP contribution in [0.1, 0.15) is 40.6 Å². The van der Waals surface area contributed by atoms with Crippen LogP contribution in [-0.4, -0.2) is 25.6 Å². The summed E-state index contributed by atoms with van der Waals surface area (Å²) in [5.74, 6) is -0.246. The molecule has 1 aliphatic carbocycles. The quantitative estimate of drug-likeness (QED) is 0.522. The summed E-state index contributed by atoms with van der Waals surface area (Å²) >= 11 is 1.29. The molecule has 1 amide bonds. The Hall–Kier alpha value is -3.40. The number of carbonyl (C=O) groups excluding carboxylic acids is 1. The van der Waals surface area contributed by atoms with Crippen LogP contribution < -0.4 is 10.7 Å². The van der Waals surface area contributed by atoms with Gasteiger partial charge in [-0.3, -0.25) is 25.0 Å². The zero-order valence-corrected chi connectivity index (χ0v) is 15.6. The molecule has 1 aromatic carbocycles. The Morgan fingerprint density at radius 1 is 1.36 bits per heavy atom. The summed E-state index contributed by atoms with van der Waals surface area (Å²) in [5.41, 5.74) is 0.387. The minimum Gasteiger partial charge on any atom is -0.296 e. The number of nitro groups is 1. The summed E-state index contributed by atoms with van der Waals surface area (Å²) in [7, 11) is 0. The Balaban J connectivity index is 1.70. The highest BCUT2D eigenvalue weighted by Gasteiger charge is 2.27. The molecule has 0 atom stereocenters. The van der Waals surface area contributed by atoms with Crippen LogP contribution in [0.15, 0.2) is 40.5 Å². The number of nitro benzene ring substituents is 1. The number of aryl methyl sites for hydroxylation is 1. The van der Waals surface area contributed by atoms with Crippen LogP contribution in [0.4, 0.5) is 10.8 Å². The van der Waals surface area contributed by atoms with Gasteiger partial charge in [-0.2, -0.15) is 5.10 Å². The molecule has 1 N–H and O–H groups in total. The van der Waals surface area contributed by atoms with Crippen LogP contribution in [0.3, 0.4) is 0 Å². The first-order chi connectivity index (χ1) is 13.4. The third kappa shape index (κ3) is 3.41. The average molecular weight is 397 g/mol. The van der Waals surface area contributed by atoms with Crippen LogP contribution in [0.25, 0.3) is 5.69 Å². The molecule has 0 radical (unpaired) electrons. The summed E-state index contributed by atoms with van der Waals surface area (Å²) in [4.78, 5) is 40.0. The fourth-order valence-electron chi connectivity index (χ4n) is 2.81. The number of carbonyl (C=O) groups is 1. The lowest BCUT2D eigenvalue weighted by Gasteiger charge is -2.11. The van der Waals surface area contributed by atoms with E-state index in [0.717, 1.165) is 18.5 Å². The molecule has 1 saturated carbocycles. The zero-order valence-electron chi connectivity index (χ0n) is 14.8. The van der Waals surface area contributed by atoms with E-state index >= 15 is 0 Å². The number of anilines is 1. The van der Waals surface area contributed by atoms with Gasteiger partial charge in [-0.25, -0.2) is 9.67 Å². The van der Waals surface area contributed by atoms with E-state index in [1.54, 1.807) is 13.0 Å². The van der Waals surface area contributed by atoms with Gasteiger partial charge in [-0.1, -0.05) is 12.1 Å². The molecule has 0 bridgehead atoms. The van der Waals surface area contributed by atoms with Crippen molar-refractivity contribution in [3.05, 3.63) is 73.1 Å². The number of nitrogens with one attached hydrogen (secondary N) is 1. The molecule has 2 aromatic heterocycles. The first-order valence-electron chi connectivity index (χ1n) is 8.55. The first kappa shape index (κ1) is 18.0. The second kappa shape index (κ2) is 6.97. The fourth-order valence-corrected chi connectivity index (χ4v) is 3.60. The van der Waals surface area contributed by atoms with Gasteiger partial charge in [0.15, 0.2) is 10.8 Å². The highest BCUT2D eigenvalue weighted by Crippen LogP contribution is 2.40. The molecule has 3 aromatic rings. The van der Waals surface area contributed by atoms with Crippen molar-refractivity contribution in [2.24, 2.45) is 0 Å². The van der Waals surface area contributed by atoms with Crippen LogP contribution in [0, 0.1) is 17.0 Å². The highest BCUT2D eigenvalue weighted by molar-refractivity contribution is 7.14. The van der Waals surface area contributed by atoms with Crippen molar-refractivity contribution in [3.8, 4) is 5.69 Å². The Morgan fingerprint density at radius 2 is 2.11 bits per heavy atom. The van der Waals surface area contributed by atoms with Gasteiger partial charge in [-0.05, 0) is 25.8 Å². The molecule has 10 heteroatoms. The molecule has 0 unspecified atom stereocenters. The van der Waals surface area contributed by atoms with Gasteiger partial charge in [-0.15, -0.1) is 11.3 Å². The van der Waals surface area contributed by atoms with Crippen molar-refractivity contribution >= 4 is 28.1 Å². The van der Waals surface area contributed by atoms with Crippen molar-refractivity contribution < 1.29 is 9.72 Å². The van der Waals surface area contributed by atoms with Crippen molar-refractivity contribution in [1.29, 1.82) is 0 Å². The molecule has 142 valence electrons. The summed E-state index contributed by atoms with van der Waals surface area (Å²) in [6.07, 6.45) is 2.19. The topological polar surface area (TPSA) is 120 Å². The third-order valence-electron chi connectivity index (χ3n) is 4.37. The number of hydrogen-bond acceptors (Lipinski definition) is 7. The van der Waals surface area contributed by atoms with Crippen molar-refractivity contribution in [2.75, 3.05) is 5.32 Å². The largest absolute Gasteiger partial charge is 0.296 e. The Bertz CT molecular complexity index is 1150. The van der Waals surface area contributed by atoms with E-state index in [1.165, 1.54) is 40.3 Å². The lowest BCUT2D eigenvalue weighted by molar-refractivity contribution is -0.384. The lowest BCUT2D eigenvalue weighted by Crippen LogP contribution is -2.27. The Morgan fingerprint density at radius 3 is 2.82 bits per heavy atom. The van der Waals surface area contributed by atoms with Gasteiger partial charge in [0.1, 0.15) is 5.69 Å². The Kier molecular flexibility index (Phi) is 4.47. The standard InChI is InChI=1S/C18H15N5O4S/c1-10-8-15(24)16(17(25)20-18-19-12(9-28-18)11-6-7-11)21-22(10)13-4-2-3-5-14(13)23(26)27/h2-5,8-9,11H,6-7H2,1H3,(H,19,20,25). The van der Waals surface area contributed by atoms with E-state index in [-0.39, 0.29) is 17.1 Å². The predicted molar refractivity (Wildman–Crippen MR) is 103 cm³/mol. The number of thiazole rings is 1. The number of benzene rings is 1. The van der Waals surface area contributed by atoms with Gasteiger partial charge < -0.3 is 0 Å². The molecule has 2 heterocycles. The average Bonchev–Trinajstić information content (AvgIpc) is 3.41. The minimum absolute atomic E-state index is 0.171. The van der Waals surface area contributed by atoms with Gasteiger partial charge in [0, 0.05) is 29.1 Å². The molecular weight excluding hydrogens is 382 g/mol. The maximum atomic E-state index is 12.6. The molecule has 9 nitrogen and oxygen atoms in total. The van der Waals surface area contributed by atoms with Crippen molar-refractivity contribution in [2.45, 2.75) is 25.7 Å². The van der Waals surface area contributed by atoms with Crippen LogP contribution >= 0.6 is 11.3 Å². The second-order valence-electron chi connectivity index (χ2n) is 6.46. The molecule has 0 spiro atoms. The summed E-state index contributed by atoms with van der Waals surface area (Å²) in [6.45, 7) is 1.59. The normalized spacial score (nSPS) is 13.3. The molecule has 1 fully saturated rings. The first-order valence-corrected chi connectivity index (χ1v) is 9.43. The number of aromatic nitrogens is 3. The monoisotopic (exact) mass is 397 g/mol. The lowest BCUT2D eigenvalue weighted by atomic mass is 10.2. The Labute approximate surface area is 162 Å². The number of nitrogens with zero attached hydrogens (tertiary/aromatic N) is 4. The van der Waals surface area contributed by atoms with E-state index in [9.17, 15) is 19.7 Å². The molecule has 1 aliphatic rings. The molecular formula is C18H15N5O4S. The predicted octanol–water partition coefficient (Wildman–Crippen LogP) is 3.04. The highest BCUT2D eigenvalue weighted by atomic mass is 32.1. The fraction of sp³-hybridized carbons (Fsp3) is 0.222.